The standard InChI is InChI=1S/C14H16N4O3/c1-20-14(19)12-5-6-13(18-17-12)16-10-3-2-4-11(9-10)21-8-7-15/h2-6,9H,7-8,15H2,1H3,(H,16,18). The average molecular weight is 288 g/mol. The van der Waals surface area contributed by atoms with Gasteiger partial charge in [0.05, 0.1) is 7.11 Å². The average Bonchev–Trinajstić information content (AvgIpc) is 2.53. The summed E-state index contributed by atoms with van der Waals surface area (Å²) in [5.41, 5.74) is 6.34. The third-order valence-electron chi connectivity index (χ3n) is 2.55. The first-order valence-electron chi connectivity index (χ1n) is 6.35. The molecule has 0 saturated heterocycles. The van der Waals surface area contributed by atoms with Crippen LogP contribution in [0.1, 0.15) is 10.5 Å². The lowest BCUT2D eigenvalue weighted by atomic mass is 10.3. The summed E-state index contributed by atoms with van der Waals surface area (Å²) >= 11 is 0. The van der Waals surface area contributed by atoms with Gasteiger partial charge in [0.2, 0.25) is 0 Å². The molecule has 0 bridgehead atoms. The molecule has 2 rings (SSSR count). The van der Waals surface area contributed by atoms with Gasteiger partial charge in [0, 0.05) is 18.3 Å². The van der Waals surface area contributed by atoms with Crippen molar-refractivity contribution in [3.8, 4) is 5.75 Å². The van der Waals surface area contributed by atoms with Gasteiger partial charge in [-0.05, 0) is 24.3 Å². The van der Waals surface area contributed by atoms with E-state index >= 15 is 0 Å². The van der Waals surface area contributed by atoms with Crippen LogP contribution in [0.4, 0.5) is 11.5 Å². The van der Waals surface area contributed by atoms with Gasteiger partial charge < -0.3 is 20.5 Å². The Kier molecular flexibility index (Phi) is 5.05. The second-order valence-corrected chi connectivity index (χ2v) is 4.09. The first kappa shape index (κ1) is 14.7. The van der Waals surface area contributed by atoms with Crippen molar-refractivity contribution in [3.05, 3.63) is 42.1 Å². The maximum atomic E-state index is 11.3. The lowest BCUT2D eigenvalue weighted by Gasteiger charge is -2.08. The number of hydrogen-bond donors (Lipinski definition) is 2. The number of esters is 1. The molecule has 3 N–H and O–H groups in total. The number of nitrogens with zero attached hydrogens (tertiary/aromatic N) is 2. The number of nitrogens with one attached hydrogen (secondary N) is 1. The van der Waals surface area contributed by atoms with E-state index in [4.69, 9.17) is 10.5 Å². The van der Waals surface area contributed by atoms with E-state index in [1.165, 1.54) is 13.2 Å². The summed E-state index contributed by atoms with van der Waals surface area (Å²) in [5, 5.41) is 10.8. The van der Waals surface area contributed by atoms with Crippen LogP contribution in [-0.2, 0) is 4.74 Å². The van der Waals surface area contributed by atoms with E-state index in [0.29, 0.717) is 24.7 Å². The number of carbonyl (C=O) groups excluding carboxylic acids is 1. The third-order valence-corrected chi connectivity index (χ3v) is 2.55. The molecular weight excluding hydrogens is 272 g/mol. The van der Waals surface area contributed by atoms with Gasteiger partial charge in [-0.2, -0.15) is 0 Å². The minimum absolute atomic E-state index is 0.156. The smallest absolute Gasteiger partial charge is 0.358 e. The van der Waals surface area contributed by atoms with E-state index in [-0.39, 0.29) is 5.69 Å². The van der Waals surface area contributed by atoms with E-state index in [1.54, 1.807) is 6.07 Å². The Balaban J connectivity index is 2.05. The number of hydrogen-bond acceptors (Lipinski definition) is 7. The van der Waals surface area contributed by atoms with Crippen LogP contribution < -0.4 is 15.8 Å². The zero-order chi connectivity index (χ0) is 15.1. The van der Waals surface area contributed by atoms with Crippen molar-refractivity contribution in [2.75, 3.05) is 25.6 Å². The van der Waals surface area contributed by atoms with E-state index < -0.39 is 5.97 Å². The molecule has 110 valence electrons. The fraction of sp³-hybridized carbons (Fsp3) is 0.214. The monoisotopic (exact) mass is 288 g/mol. The maximum Gasteiger partial charge on any atom is 0.358 e. The number of benzene rings is 1. The Morgan fingerprint density at radius 1 is 1.29 bits per heavy atom. The molecule has 1 aromatic carbocycles. The first-order chi connectivity index (χ1) is 10.2. The molecule has 7 heteroatoms. The largest absolute Gasteiger partial charge is 0.492 e. The second-order valence-electron chi connectivity index (χ2n) is 4.09. The van der Waals surface area contributed by atoms with Crippen molar-refractivity contribution >= 4 is 17.5 Å². The van der Waals surface area contributed by atoms with Crippen molar-refractivity contribution in [3.63, 3.8) is 0 Å². The molecule has 0 unspecified atom stereocenters. The second kappa shape index (κ2) is 7.20. The van der Waals surface area contributed by atoms with Gasteiger partial charge in [-0.1, -0.05) is 6.07 Å². The van der Waals surface area contributed by atoms with Crippen molar-refractivity contribution in [1.82, 2.24) is 10.2 Å². The molecule has 0 aliphatic heterocycles. The molecule has 7 nitrogen and oxygen atoms in total. The lowest BCUT2D eigenvalue weighted by Crippen LogP contribution is -2.10. The first-order valence-corrected chi connectivity index (χ1v) is 6.35. The number of nitrogens with two attached hydrogens (primary N) is 1. The van der Waals surface area contributed by atoms with Gasteiger partial charge >= 0.3 is 5.97 Å². The van der Waals surface area contributed by atoms with E-state index in [0.717, 1.165) is 5.69 Å². The number of rotatable bonds is 6. The lowest BCUT2D eigenvalue weighted by molar-refractivity contribution is 0.0593. The van der Waals surface area contributed by atoms with E-state index in [2.05, 4.69) is 20.3 Å². The normalized spacial score (nSPS) is 10.0. The highest BCUT2D eigenvalue weighted by Crippen LogP contribution is 2.20. The van der Waals surface area contributed by atoms with E-state index in [1.807, 2.05) is 24.3 Å². The molecule has 0 fully saturated rings. The van der Waals surface area contributed by atoms with Crippen LogP contribution in [0.2, 0.25) is 0 Å². The van der Waals surface area contributed by atoms with Gasteiger partial charge in [-0.3, -0.25) is 0 Å². The highest BCUT2D eigenvalue weighted by Gasteiger charge is 2.07. The molecule has 2 aromatic rings. The minimum Gasteiger partial charge on any atom is -0.492 e. The molecular formula is C14H16N4O3. The summed E-state index contributed by atoms with van der Waals surface area (Å²) in [6.45, 7) is 0.912. The predicted molar refractivity (Wildman–Crippen MR) is 77.6 cm³/mol. The highest BCUT2D eigenvalue weighted by atomic mass is 16.5. The SMILES string of the molecule is COC(=O)c1ccc(Nc2cccc(OCCN)c2)nn1. The quantitative estimate of drug-likeness (QED) is 0.774. The summed E-state index contributed by atoms with van der Waals surface area (Å²) in [6.07, 6.45) is 0. The van der Waals surface area contributed by atoms with Gasteiger partial charge in [0.15, 0.2) is 11.5 Å². The van der Waals surface area contributed by atoms with Crippen LogP contribution in [0.5, 0.6) is 5.75 Å². The number of carbonyl (C=O) groups is 1. The Morgan fingerprint density at radius 3 is 2.81 bits per heavy atom. The predicted octanol–water partition coefficient (Wildman–Crippen LogP) is 1.34. The Labute approximate surface area is 122 Å². The molecule has 0 radical (unpaired) electrons. The molecule has 1 heterocycles. The van der Waals surface area contributed by atoms with Crippen LogP contribution in [0.15, 0.2) is 36.4 Å². The Morgan fingerprint density at radius 2 is 2.14 bits per heavy atom. The summed E-state index contributed by atoms with van der Waals surface area (Å²) < 4.78 is 10.00. The fourth-order valence-corrected chi connectivity index (χ4v) is 1.60. The van der Waals surface area contributed by atoms with Crippen molar-refractivity contribution in [1.29, 1.82) is 0 Å². The third kappa shape index (κ3) is 4.15. The molecule has 0 atom stereocenters. The molecule has 0 aliphatic rings. The number of anilines is 2. The molecule has 0 saturated carbocycles. The fourth-order valence-electron chi connectivity index (χ4n) is 1.60. The van der Waals surface area contributed by atoms with Crippen LogP contribution in [-0.4, -0.2) is 36.4 Å². The summed E-state index contributed by atoms with van der Waals surface area (Å²) in [7, 11) is 1.29. The van der Waals surface area contributed by atoms with Gasteiger partial charge in [-0.25, -0.2) is 4.79 Å². The topological polar surface area (TPSA) is 99.4 Å². The molecule has 0 aliphatic carbocycles. The van der Waals surface area contributed by atoms with Crippen LogP contribution in [0.25, 0.3) is 0 Å². The zero-order valence-electron chi connectivity index (χ0n) is 11.6. The Bertz CT molecular complexity index is 601. The molecule has 0 spiro atoms. The number of methoxy groups -OCH3 is 1. The minimum atomic E-state index is -0.522. The van der Waals surface area contributed by atoms with Crippen LogP contribution >= 0.6 is 0 Å². The number of ether oxygens (including phenoxy) is 2. The van der Waals surface area contributed by atoms with Crippen molar-refractivity contribution in [2.24, 2.45) is 5.73 Å². The number of aromatic nitrogens is 2. The van der Waals surface area contributed by atoms with Gasteiger partial charge in [0.25, 0.3) is 0 Å². The summed E-state index contributed by atoms with van der Waals surface area (Å²) in [4.78, 5) is 11.3. The summed E-state index contributed by atoms with van der Waals surface area (Å²) in [6, 6.07) is 10.6. The van der Waals surface area contributed by atoms with Gasteiger partial charge in [-0.15, -0.1) is 10.2 Å². The maximum absolute atomic E-state index is 11.3. The molecule has 21 heavy (non-hydrogen) atoms. The van der Waals surface area contributed by atoms with Crippen molar-refractivity contribution in [2.45, 2.75) is 0 Å². The van der Waals surface area contributed by atoms with Gasteiger partial charge in [0.1, 0.15) is 12.4 Å². The summed E-state index contributed by atoms with van der Waals surface area (Å²) in [5.74, 6) is 0.703. The van der Waals surface area contributed by atoms with E-state index in [9.17, 15) is 4.79 Å². The van der Waals surface area contributed by atoms with Crippen LogP contribution in [0, 0.1) is 0 Å². The zero-order valence-corrected chi connectivity index (χ0v) is 11.6. The molecule has 1 aromatic heterocycles. The Hall–Kier alpha value is -2.67. The molecule has 0 amide bonds. The van der Waals surface area contributed by atoms with Crippen molar-refractivity contribution < 1.29 is 14.3 Å². The van der Waals surface area contributed by atoms with Crippen LogP contribution in [0.3, 0.4) is 0 Å². The highest BCUT2D eigenvalue weighted by molar-refractivity contribution is 5.87.